The molecule has 3 heterocycles. The number of ether oxygens (including phenoxy) is 1. The number of guanidine groups is 1. The van der Waals surface area contributed by atoms with Crippen LogP contribution >= 0.6 is 11.3 Å². The molecule has 1 aliphatic heterocycles. The van der Waals surface area contributed by atoms with E-state index >= 15 is 0 Å². The summed E-state index contributed by atoms with van der Waals surface area (Å²) in [5, 5.41) is 9.04. The lowest BCUT2D eigenvalue weighted by molar-refractivity contribution is 0.0124. The van der Waals surface area contributed by atoms with Gasteiger partial charge in [-0.1, -0.05) is 13.0 Å². The molecule has 148 valence electrons. The van der Waals surface area contributed by atoms with Crippen molar-refractivity contribution in [1.29, 1.82) is 0 Å². The zero-order chi connectivity index (χ0) is 19.1. The third kappa shape index (κ3) is 5.57. The molecule has 3 rings (SSSR count). The van der Waals surface area contributed by atoms with Crippen LogP contribution in [0.5, 0.6) is 0 Å². The highest BCUT2D eigenvalue weighted by molar-refractivity contribution is 7.10. The number of nitrogens with zero attached hydrogens (tertiary/aromatic N) is 2. The van der Waals surface area contributed by atoms with Gasteiger partial charge >= 0.3 is 0 Å². The van der Waals surface area contributed by atoms with Gasteiger partial charge in [0.2, 0.25) is 0 Å². The topological polar surface area (TPSA) is 62.0 Å². The summed E-state index contributed by atoms with van der Waals surface area (Å²) < 4.78 is 11.4. The molecule has 1 fully saturated rings. The molecule has 7 heteroatoms. The molecule has 2 aromatic rings. The molecule has 0 amide bonds. The summed E-state index contributed by atoms with van der Waals surface area (Å²) >= 11 is 1.80. The number of aliphatic imine (C=N–C) groups is 1. The Morgan fingerprint density at radius 1 is 1.22 bits per heavy atom. The van der Waals surface area contributed by atoms with Crippen molar-refractivity contribution >= 4 is 17.3 Å². The maximum Gasteiger partial charge on any atom is 0.191 e. The highest BCUT2D eigenvalue weighted by Crippen LogP contribution is 2.23. The summed E-state index contributed by atoms with van der Waals surface area (Å²) in [4.78, 5) is 8.18. The molecule has 6 nitrogen and oxygen atoms in total. The highest BCUT2D eigenvalue weighted by atomic mass is 32.1. The van der Waals surface area contributed by atoms with E-state index in [4.69, 9.17) is 9.15 Å². The Hall–Kier alpha value is -1.83. The van der Waals surface area contributed by atoms with Crippen molar-refractivity contribution in [2.75, 3.05) is 46.4 Å². The van der Waals surface area contributed by atoms with Crippen LogP contribution in [0, 0.1) is 6.92 Å². The minimum atomic E-state index is 0.163. The second-order valence-corrected chi connectivity index (χ2v) is 7.84. The van der Waals surface area contributed by atoms with Gasteiger partial charge in [0.1, 0.15) is 11.5 Å². The fourth-order valence-electron chi connectivity index (χ4n) is 3.27. The number of nitrogens with one attached hydrogen (secondary N) is 2. The van der Waals surface area contributed by atoms with Gasteiger partial charge in [-0.3, -0.25) is 9.89 Å². The van der Waals surface area contributed by atoms with Crippen LogP contribution in [0.25, 0.3) is 0 Å². The van der Waals surface area contributed by atoms with Crippen molar-refractivity contribution in [3.63, 3.8) is 0 Å². The van der Waals surface area contributed by atoms with Crippen molar-refractivity contribution in [3.05, 3.63) is 46.0 Å². The third-order valence-corrected chi connectivity index (χ3v) is 5.97. The summed E-state index contributed by atoms with van der Waals surface area (Å²) in [5.41, 5.74) is 0. The summed E-state index contributed by atoms with van der Waals surface area (Å²) in [5.74, 6) is 3.20. The molecular weight excluding hydrogens is 360 g/mol. The molecule has 2 atom stereocenters. The van der Waals surface area contributed by atoms with Crippen LogP contribution in [0.1, 0.15) is 35.3 Å². The molecule has 2 aromatic heterocycles. The van der Waals surface area contributed by atoms with Crippen molar-refractivity contribution in [2.45, 2.75) is 25.8 Å². The minimum Gasteiger partial charge on any atom is -0.465 e. The fourth-order valence-corrected chi connectivity index (χ4v) is 4.05. The van der Waals surface area contributed by atoms with E-state index in [0.29, 0.717) is 5.92 Å². The molecular formula is C20H30N4O2S. The molecule has 0 spiro atoms. The first-order valence-corrected chi connectivity index (χ1v) is 10.4. The predicted octanol–water partition coefficient (Wildman–Crippen LogP) is 2.99. The first kappa shape index (κ1) is 19.9. The van der Waals surface area contributed by atoms with Gasteiger partial charge in [0.05, 0.1) is 19.3 Å². The van der Waals surface area contributed by atoms with E-state index in [1.54, 1.807) is 11.3 Å². The largest absolute Gasteiger partial charge is 0.465 e. The number of aryl methyl sites for hydroxylation is 1. The molecule has 0 aromatic carbocycles. The average molecular weight is 391 g/mol. The second-order valence-electron chi connectivity index (χ2n) is 6.86. The first-order valence-electron chi connectivity index (χ1n) is 9.53. The van der Waals surface area contributed by atoms with E-state index in [1.165, 1.54) is 4.88 Å². The highest BCUT2D eigenvalue weighted by Gasteiger charge is 2.25. The van der Waals surface area contributed by atoms with Crippen LogP contribution in [0.4, 0.5) is 0 Å². The summed E-state index contributed by atoms with van der Waals surface area (Å²) in [7, 11) is 1.81. The predicted molar refractivity (Wildman–Crippen MR) is 111 cm³/mol. The molecule has 0 aliphatic carbocycles. The number of thiophene rings is 1. The van der Waals surface area contributed by atoms with E-state index in [1.807, 2.05) is 20.0 Å². The number of hydrogen-bond acceptors (Lipinski definition) is 5. The Bertz CT molecular complexity index is 707. The number of hydrogen-bond donors (Lipinski definition) is 2. The van der Waals surface area contributed by atoms with E-state index < -0.39 is 0 Å². The van der Waals surface area contributed by atoms with Gasteiger partial charge in [0.15, 0.2) is 5.96 Å². The molecule has 2 unspecified atom stereocenters. The molecule has 27 heavy (non-hydrogen) atoms. The van der Waals surface area contributed by atoms with Crippen molar-refractivity contribution in [2.24, 2.45) is 4.99 Å². The van der Waals surface area contributed by atoms with E-state index in [-0.39, 0.29) is 6.04 Å². The van der Waals surface area contributed by atoms with Crippen LogP contribution in [-0.2, 0) is 4.74 Å². The minimum absolute atomic E-state index is 0.163. The zero-order valence-electron chi connectivity index (χ0n) is 16.4. The third-order valence-electron chi connectivity index (χ3n) is 4.87. The normalized spacial score (nSPS) is 18.3. The second kappa shape index (κ2) is 9.92. The van der Waals surface area contributed by atoms with Gasteiger partial charge in [-0.2, -0.15) is 0 Å². The van der Waals surface area contributed by atoms with Gasteiger partial charge in [0, 0.05) is 44.0 Å². The standard InChI is InChI=1S/C20H30N4O2S/c1-15(19-5-4-12-27-19)13-22-20(21-3)23-14-17(18-7-6-16(2)26-18)24-8-10-25-11-9-24/h4-7,12,15,17H,8-11,13-14H2,1-3H3,(H2,21,22,23). The van der Waals surface area contributed by atoms with Crippen molar-refractivity contribution in [3.8, 4) is 0 Å². The van der Waals surface area contributed by atoms with Crippen molar-refractivity contribution in [1.82, 2.24) is 15.5 Å². The molecule has 1 aliphatic rings. The monoisotopic (exact) mass is 390 g/mol. The molecule has 0 radical (unpaired) electrons. The Balaban J connectivity index is 1.57. The number of furan rings is 1. The smallest absolute Gasteiger partial charge is 0.191 e. The van der Waals surface area contributed by atoms with Crippen LogP contribution in [0.15, 0.2) is 39.1 Å². The van der Waals surface area contributed by atoms with Gasteiger partial charge in [-0.25, -0.2) is 0 Å². The number of morpholine rings is 1. The fraction of sp³-hybridized carbons (Fsp3) is 0.550. The van der Waals surface area contributed by atoms with Gasteiger partial charge < -0.3 is 19.8 Å². The lowest BCUT2D eigenvalue weighted by atomic mass is 10.1. The summed E-state index contributed by atoms with van der Waals surface area (Å²) in [6.07, 6.45) is 0. The Morgan fingerprint density at radius 2 is 2.00 bits per heavy atom. The SMILES string of the molecule is CN=C(NCC(C)c1cccs1)NCC(c1ccc(C)o1)N1CCOCC1. The average Bonchev–Trinajstić information content (AvgIpc) is 3.37. The maximum absolute atomic E-state index is 5.93. The Labute approximate surface area is 165 Å². The molecule has 2 N–H and O–H groups in total. The van der Waals surface area contributed by atoms with Gasteiger partial charge in [-0.15, -0.1) is 11.3 Å². The van der Waals surface area contributed by atoms with Crippen molar-refractivity contribution < 1.29 is 9.15 Å². The van der Waals surface area contributed by atoms with Crippen LogP contribution < -0.4 is 10.6 Å². The van der Waals surface area contributed by atoms with Gasteiger partial charge in [0.25, 0.3) is 0 Å². The quantitative estimate of drug-likeness (QED) is 0.562. The Kier molecular flexibility index (Phi) is 7.32. The lowest BCUT2D eigenvalue weighted by Crippen LogP contribution is -2.46. The Morgan fingerprint density at radius 3 is 2.63 bits per heavy atom. The zero-order valence-corrected chi connectivity index (χ0v) is 17.2. The van der Waals surface area contributed by atoms with Crippen LogP contribution in [0.2, 0.25) is 0 Å². The van der Waals surface area contributed by atoms with E-state index in [0.717, 1.165) is 56.9 Å². The molecule has 0 bridgehead atoms. The van der Waals surface area contributed by atoms with E-state index in [2.05, 4.69) is 51.0 Å². The maximum atomic E-state index is 5.93. The van der Waals surface area contributed by atoms with E-state index in [9.17, 15) is 0 Å². The van der Waals surface area contributed by atoms with Crippen LogP contribution in [0.3, 0.4) is 0 Å². The van der Waals surface area contributed by atoms with Gasteiger partial charge in [-0.05, 0) is 30.5 Å². The summed E-state index contributed by atoms with van der Waals surface area (Å²) in [6.45, 7) is 9.15. The summed E-state index contributed by atoms with van der Waals surface area (Å²) in [6, 6.07) is 8.55. The first-order chi connectivity index (χ1) is 13.2. The molecule has 1 saturated heterocycles. The lowest BCUT2D eigenvalue weighted by Gasteiger charge is -2.33. The molecule has 0 saturated carbocycles. The van der Waals surface area contributed by atoms with Crippen LogP contribution in [-0.4, -0.2) is 57.3 Å². The number of rotatable bonds is 7.